The zero-order valence-electron chi connectivity index (χ0n) is 10.7. The van der Waals surface area contributed by atoms with Gasteiger partial charge < -0.3 is 10.6 Å². The molecule has 2 nitrogen and oxygen atoms in total. The lowest BCUT2D eigenvalue weighted by Crippen LogP contribution is -2.18. The predicted octanol–water partition coefficient (Wildman–Crippen LogP) is 3.87. The van der Waals surface area contributed by atoms with Crippen molar-refractivity contribution in [3.05, 3.63) is 58.6 Å². The van der Waals surface area contributed by atoms with E-state index in [2.05, 4.69) is 36.1 Å². The smallest absolute Gasteiger partial charge is 0.0789 e. The molecule has 0 saturated carbocycles. The van der Waals surface area contributed by atoms with Gasteiger partial charge in [-0.05, 0) is 24.6 Å². The molecule has 0 aliphatic rings. The summed E-state index contributed by atoms with van der Waals surface area (Å²) >= 11 is 6.20. The number of rotatable bonds is 3. The Morgan fingerprint density at radius 3 is 2.56 bits per heavy atom. The summed E-state index contributed by atoms with van der Waals surface area (Å²) in [6.07, 6.45) is 0. The van der Waals surface area contributed by atoms with Gasteiger partial charge in [-0.25, -0.2) is 0 Å². The van der Waals surface area contributed by atoms with E-state index in [1.807, 2.05) is 25.2 Å². The SMILES string of the molecule is Cc1cccc(CN(C)c2c(N)cccc2Cl)c1. The Labute approximate surface area is 113 Å². The fraction of sp³-hybridized carbons (Fsp3) is 0.200. The standard InChI is InChI=1S/C15H17ClN2/c1-11-5-3-6-12(9-11)10-18(2)15-13(16)7-4-8-14(15)17/h3-9H,10,17H2,1-2H3. The molecular formula is C15H17ClN2. The molecule has 0 radical (unpaired) electrons. The highest BCUT2D eigenvalue weighted by Crippen LogP contribution is 2.31. The zero-order chi connectivity index (χ0) is 13.1. The number of para-hydroxylation sites is 1. The van der Waals surface area contributed by atoms with Gasteiger partial charge in [-0.1, -0.05) is 47.5 Å². The molecule has 3 heteroatoms. The van der Waals surface area contributed by atoms with E-state index in [1.54, 1.807) is 0 Å². The summed E-state index contributed by atoms with van der Waals surface area (Å²) < 4.78 is 0. The van der Waals surface area contributed by atoms with Gasteiger partial charge in [-0.3, -0.25) is 0 Å². The van der Waals surface area contributed by atoms with E-state index < -0.39 is 0 Å². The molecule has 0 heterocycles. The van der Waals surface area contributed by atoms with Gasteiger partial charge in [-0.2, -0.15) is 0 Å². The molecular weight excluding hydrogens is 244 g/mol. The van der Waals surface area contributed by atoms with Gasteiger partial charge >= 0.3 is 0 Å². The first-order valence-corrected chi connectivity index (χ1v) is 6.26. The van der Waals surface area contributed by atoms with Crippen molar-refractivity contribution in [3.63, 3.8) is 0 Å². The van der Waals surface area contributed by atoms with Crippen LogP contribution < -0.4 is 10.6 Å². The lowest BCUT2D eigenvalue weighted by atomic mass is 10.1. The third kappa shape index (κ3) is 2.77. The molecule has 2 aromatic rings. The third-order valence-corrected chi connectivity index (χ3v) is 3.21. The topological polar surface area (TPSA) is 29.3 Å². The van der Waals surface area contributed by atoms with Gasteiger partial charge in [0.2, 0.25) is 0 Å². The van der Waals surface area contributed by atoms with Crippen LogP contribution in [0.2, 0.25) is 5.02 Å². The lowest BCUT2D eigenvalue weighted by Gasteiger charge is -2.22. The molecule has 0 saturated heterocycles. The molecule has 0 fully saturated rings. The first kappa shape index (κ1) is 12.8. The Morgan fingerprint density at radius 2 is 1.89 bits per heavy atom. The van der Waals surface area contributed by atoms with Crippen LogP contribution in [-0.4, -0.2) is 7.05 Å². The summed E-state index contributed by atoms with van der Waals surface area (Å²) in [5, 5.41) is 0.685. The van der Waals surface area contributed by atoms with Crippen molar-refractivity contribution in [3.8, 4) is 0 Å². The zero-order valence-corrected chi connectivity index (χ0v) is 11.4. The van der Waals surface area contributed by atoms with Crippen LogP contribution in [0.1, 0.15) is 11.1 Å². The van der Waals surface area contributed by atoms with E-state index >= 15 is 0 Å². The summed E-state index contributed by atoms with van der Waals surface area (Å²) in [5.41, 5.74) is 10.1. The molecule has 0 aliphatic carbocycles. The van der Waals surface area contributed by atoms with Crippen LogP contribution in [0.3, 0.4) is 0 Å². The van der Waals surface area contributed by atoms with E-state index in [9.17, 15) is 0 Å². The molecule has 0 spiro atoms. The summed E-state index contributed by atoms with van der Waals surface area (Å²) in [6.45, 7) is 2.88. The van der Waals surface area contributed by atoms with Crippen molar-refractivity contribution in [1.29, 1.82) is 0 Å². The number of nitrogen functional groups attached to an aromatic ring is 1. The molecule has 0 amide bonds. The Hall–Kier alpha value is -1.67. The average Bonchev–Trinajstić information content (AvgIpc) is 2.28. The quantitative estimate of drug-likeness (QED) is 0.849. The Bertz CT molecular complexity index is 532. The van der Waals surface area contributed by atoms with E-state index in [0.29, 0.717) is 10.7 Å². The highest BCUT2D eigenvalue weighted by atomic mass is 35.5. The van der Waals surface area contributed by atoms with Gasteiger partial charge in [0.1, 0.15) is 0 Å². The lowest BCUT2D eigenvalue weighted by molar-refractivity contribution is 0.923. The predicted molar refractivity (Wildman–Crippen MR) is 79.2 cm³/mol. The maximum absolute atomic E-state index is 6.20. The summed E-state index contributed by atoms with van der Waals surface area (Å²) in [5.74, 6) is 0. The molecule has 0 aliphatic heterocycles. The molecule has 0 unspecified atom stereocenters. The first-order chi connectivity index (χ1) is 8.58. The Morgan fingerprint density at radius 1 is 1.17 bits per heavy atom. The average molecular weight is 261 g/mol. The second kappa shape index (κ2) is 5.32. The van der Waals surface area contributed by atoms with Gasteiger partial charge in [0.25, 0.3) is 0 Å². The molecule has 0 bridgehead atoms. The highest BCUT2D eigenvalue weighted by molar-refractivity contribution is 6.33. The van der Waals surface area contributed by atoms with Crippen molar-refractivity contribution in [2.45, 2.75) is 13.5 Å². The molecule has 2 N–H and O–H groups in total. The Kier molecular flexibility index (Phi) is 3.78. The normalized spacial score (nSPS) is 10.4. The van der Waals surface area contributed by atoms with Crippen molar-refractivity contribution in [2.24, 2.45) is 0 Å². The molecule has 0 aromatic heterocycles. The number of halogens is 1. The van der Waals surface area contributed by atoms with Crippen LogP contribution in [0.25, 0.3) is 0 Å². The number of nitrogens with two attached hydrogens (primary N) is 1. The fourth-order valence-electron chi connectivity index (χ4n) is 2.10. The van der Waals surface area contributed by atoms with Crippen molar-refractivity contribution in [1.82, 2.24) is 0 Å². The second-order valence-electron chi connectivity index (χ2n) is 4.52. The van der Waals surface area contributed by atoms with E-state index in [-0.39, 0.29) is 0 Å². The summed E-state index contributed by atoms with van der Waals surface area (Å²) in [4.78, 5) is 2.08. The highest BCUT2D eigenvalue weighted by Gasteiger charge is 2.10. The van der Waals surface area contributed by atoms with Crippen LogP contribution in [0.15, 0.2) is 42.5 Å². The maximum atomic E-state index is 6.20. The number of hydrogen-bond donors (Lipinski definition) is 1. The van der Waals surface area contributed by atoms with Crippen molar-refractivity contribution < 1.29 is 0 Å². The van der Waals surface area contributed by atoms with Crippen LogP contribution in [0, 0.1) is 6.92 Å². The Balaban J connectivity index is 2.25. The third-order valence-electron chi connectivity index (χ3n) is 2.90. The van der Waals surface area contributed by atoms with Crippen LogP contribution in [0.4, 0.5) is 11.4 Å². The molecule has 94 valence electrons. The molecule has 2 rings (SSSR count). The minimum Gasteiger partial charge on any atom is -0.397 e. The van der Waals surface area contributed by atoms with E-state index in [4.69, 9.17) is 17.3 Å². The maximum Gasteiger partial charge on any atom is 0.0789 e. The fourth-order valence-corrected chi connectivity index (χ4v) is 2.42. The number of hydrogen-bond acceptors (Lipinski definition) is 2. The van der Waals surface area contributed by atoms with Crippen LogP contribution in [0.5, 0.6) is 0 Å². The van der Waals surface area contributed by atoms with Gasteiger partial charge in [-0.15, -0.1) is 0 Å². The largest absolute Gasteiger partial charge is 0.397 e. The number of nitrogens with zero attached hydrogens (tertiary/aromatic N) is 1. The van der Waals surface area contributed by atoms with Crippen molar-refractivity contribution >= 4 is 23.0 Å². The van der Waals surface area contributed by atoms with Crippen LogP contribution in [-0.2, 0) is 6.54 Å². The monoisotopic (exact) mass is 260 g/mol. The minimum atomic E-state index is 0.685. The molecule has 2 aromatic carbocycles. The summed E-state index contributed by atoms with van der Waals surface area (Å²) in [7, 11) is 2.00. The second-order valence-corrected chi connectivity index (χ2v) is 4.93. The number of aryl methyl sites for hydroxylation is 1. The van der Waals surface area contributed by atoms with Gasteiger partial charge in [0, 0.05) is 13.6 Å². The van der Waals surface area contributed by atoms with Gasteiger partial charge in [0.15, 0.2) is 0 Å². The van der Waals surface area contributed by atoms with Crippen molar-refractivity contribution in [2.75, 3.05) is 17.7 Å². The van der Waals surface area contributed by atoms with Gasteiger partial charge in [0.05, 0.1) is 16.4 Å². The van der Waals surface area contributed by atoms with Crippen LogP contribution >= 0.6 is 11.6 Å². The van der Waals surface area contributed by atoms with E-state index in [1.165, 1.54) is 11.1 Å². The minimum absolute atomic E-state index is 0.685. The number of anilines is 2. The first-order valence-electron chi connectivity index (χ1n) is 5.88. The molecule has 18 heavy (non-hydrogen) atoms. The van der Waals surface area contributed by atoms with E-state index in [0.717, 1.165) is 12.2 Å². The number of benzene rings is 2. The molecule has 0 atom stereocenters. The summed E-state index contributed by atoms with van der Waals surface area (Å²) in [6, 6.07) is 14.0.